The third kappa shape index (κ3) is 4.63. The van der Waals surface area contributed by atoms with Crippen LogP contribution in [-0.2, 0) is 16.0 Å². The van der Waals surface area contributed by atoms with E-state index in [-0.39, 0.29) is 11.4 Å². The van der Waals surface area contributed by atoms with Crippen LogP contribution in [0.15, 0.2) is 70.7 Å². The summed E-state index contributed by atoms with van der Waals surface area (Å²) in [5.74, 6) is -1.33. The molecule has 0 unspecified atom stereocenters. The van der Waals surface area contributed by atoms with Crippen LogP contribution in [0.5, 0.6) is 5.75 Å². The normalized spacial score (nSPS) is 15.0. The highest BCUT2D eigenvalue weighted by atomic mass is 79.9. The van der Waals surface area contributed by atoms with E-state index in [4.69, 9.17) is 4.74 Å². The van der Waals surface area contributed by atoms with E-state index in [1.54, 1.807) is 49.4 Å². The summed E-state index contributed by atoms with van der Waals surface area (Å²) in [6.07, 6.45) is 1.82. The molecule has 1 saturated heterocycles. The van der Waals surface area contributed by atoms with Crippen LogP contribution >= 0.6 is 15.9 Å². The van der Waals surface area contributed by atoms with Crippen LogP contribution < -0.4 is 15.0 Å². The number of aryl methyl sites for hydroxylation is 1. The number of halogens is 2. The molecule has 0 radical (unpaired) electrons. The number of anilines is 1. The zero-order valence-corrected chi connectivity index (χ0v) is 20.0. The molecule has 0 atom stereocenters. The van der Waals surface area contributed by atoms with Gasteiger partial charge in [-0.05, 0) is 60.0 Å². The number of amides is 4. The Labute approximate surface area is 204 Å². The first kappa shape index (κ1) is 23.4. The minimum absolute atomic E-state index is 0.185. The van der Waals surface area contributed by atoms with Gasteiger partial charge in [0.15, 0.2) is 0 Å². The number of nitrogens with zero attached hydrogens (tertiary/aromatic N) is 1. The molecule has 0 bridgehead atoms. The first-order valence-corrected chi connectivity index (χ1v) is 11.2. The molecule has 1 N–H and O–H groups in total. The number of rotatable bonds is 5. The number of carbonyl (C=O) groups excluding carboxylic acids is 3. The van der Waals surface area contributed by atoms with E-state index in [0.29, 0.717) is 33.5 Å². The molecule has 0 saturated carbocycles. The Balaban J connectivity index is 1.72. The molecule has 4 rings (SSSR count). The van der Waals surface area contributed by atoms with Crippen molar-refractivity contribution < 1.29 is 23.5 Å². The first-order valence-electron chi connectivity index (χ1n) is 10.4. The molecular formula is C26H20BrFN2O4. The molecule has 0 aromatic heterocycles. The summed E-state index contributed by atoms with van der Waals surface area (Å²) in [7, 11) is 1.50. The Morgan fingerprint density at radius 1 is 1.06 bits per heavy atom. The lowest BCUT2D eigenvalue weighted by Gasteiger charge is -2.27. The number of barbiturate groups is 1. The number of imide groups is 2. The van der Waals surface area contributed by atoms with Crippen LogP contribution in [-0.4, -0.2) is 25.0 Å². The van der Waals surface area contributed by atoms with Crippen LogP contribution in [0.3, 0.4) is 0 Å². The van der Waals surface area contributed by atoms with Gasteiger partial charge in [0.1, 0.15) is 17.1 Å². The summed E-state index contributed by atoms with van der Waals surface area (Å²) in [5, 5.41) is 2.23. The maximum Gasteiger partial charge on any atom is 0.335 e. The molecular weight excluding hydrogens is 503 g/mol. The van der Waals surface area contributed by atoms with Crippen LogP contribution in [0.2, 0.25) is 0 Å². The molecule has 1 aliphatic heterocycles. The second-order valence-electron chi connectivity index (χ2n) is 7.73. The van der Waals surface area contributed by atoms with Crippen molar-refractivity contribution in [1.82, 2.24) is 5.32 Å². The van der Waals surface area contributed by atoms with E-state index in [9.17, 15) is 18.8 Å². The summed E-state index contributed by atoms with van der Waals surface area (Å²) in [5.41, 5.74) is 2.99. The minimum Gasteiger partial charge on any atom is -0.496 e. The van der Waals surface area contributed by atoms with Gasteiger partial charge in [-0.1, -0.05) is 46.3 Å². The zero-order chi connectivity index (χ0) is 24.4. The van der Waals surface area contributed by atoms with Crippen molar-refractivity contribution in [2.75, 3.05) is 12.0 Å². The molecule has 0 aliphatic carbocycles. The lowest BCUT2D eigenvalue weighted by Crippen LogP contribution is -2.54. The lowest BCUT2D eigenvalue weighted by molar-refractivity contribution is -0.122. The molecule has 1 aliphatic rings. The van der Waals surface area contributed by atoms with Crippen molar-refractivity contribution in [3.8, 4) is 5.75 Å². The third-order valence-electron chi connectivity index (χ3n) is 5.44. The first-order chi connectivity index (χ1) is 16.3. The van der Waals surface area contributed by atoms with Gasteiger partial charge in [0, 0.05) is 16.5 Å². The second-order valence-corrected chi connectivity index (χ2v) is 8.59. The van der Waals surface area contributed by atoms with Gasteiger partial charge >= 0.3 is 6.03 Å². The maximum atomic E-state index is 13.6. The van der Waals surface area contributed by atoms with Crippen LogP contribution in [0, 0.1) is 12.7 Å². The van der Waals surface area contributed by atoms with E-state index in [0.717, 1.165) is 16.0 Å². The molecule has 6 nitrogen and oxygen atoms in total. The van der Waals surface area contributed by atoms with E-state index >= 15 is 0 Å². The number of carbonyl (C=O) groups is 3. The van der Waals surface area contributed by atoms with Crippen molar-refractivity contribution in [3.63, 3.8) is 0 Å². The smallest absolute Gasteiger partial charge is 0.335 e. The zero-order valence-electron chi connectivity index (χ0n) is 18.4. The summed E-state index contributed by atoms with van der Waals surface area (Å²) in [4.78, 5) is 39.1. The number of hydrogen-bond donors (Lipinski definition) is 1. The average molecular weight is 523 g/mol. The van der Waals surface area contributed by atoms with E-state index in [1.165, 1.54) is 25.3 Å². The fourth-order valence-electron chi connectivity index (χ4n) is 3.78. The predicted molar refractivity (Wildman–Crippen MR) is 130 cm³/mol. The Hall–Kier alpha value is -3.78. The number of methoxy groups -OCH3 is 1. The number of hydrogen-bond acceptors (Lipinski definition) is 4. The monoisotopic (exact) mass is 522 g/mol. The molecule has 1 heterocycles. The van der Waals surface area contributed by atoms with Gasteiger partial charge in [-0.15, -0.1) is 0 Å². The molecule has 0 spiro atoms. The Kier molecular flexibility index (Phi) is 6.61. The van der Waals surface area contributed by atoms with Crippen molar-refractivity contribution >= 4 is 45.5 Å². The Bertz CT molecular complexity index is 1350. The van der Waals surface area contributed by atoms with Crippen molar-refractivity contribution in [3.05, 3.63) is 98.8 Å². The van der Waals surface area contributed by atoms with E-state index in [1.807, 2.05) is 6.07 Å². The van der Waals surface area contributed by atoms with Crippen LogP contribution in [0.4, 0.5) is 14.9 Å². The Morgan fingerprint density at radius 3 is 2.53 bits per heavy atom. The number of nitrogens with one attached hydrogen (secondary N) is 1. The van der Waals surface area contributed by atoms with Crippen molar-refractivity contribution in [1.29, 1.82) is 0 Å². The fourth-order valence-corrected chi connectivity index (χ4v) is 4.38. The number of ether oxygens (including phenoxy) is 1. The van der Waals surface area contributed by atoms with Gasteiger partial charge < -0.3 is 4.74 Å². The standard InChI is InChI=1S/C26H20BrFN2O4/c1-15-6-3-4-9-22(15)30-25(32)20(24(31)29-26(30)33)12-17-13-21(27)19(23(14-17)34-2)11-16-7-5-8-18(28)10-16/h3-10,12-14H,11H2,1-2H3,(H,29,31,33)/b20-12+. The van der Waals surface area contributed by atoms with Gasteiger partial charge in [-0.25, -0.2) is 14.1 Å². The topological polar surface area (TPSA) is 75.7 Å². The predicted octanol–water partition coefficient (Wildman–Crippen LogP) is 5.16. The van der Waals surface area contributed by atoms with E-state index < -0.39 is 17.8 Å². The lowest BCUT2D eigenvalue weighted by atomic mass is 10.0. The third-order valence-corrected chi connectivity index (χ3v) is 6.14. The summed E-state index contributed by atoms with van der Waals surface area (Å²) >= 11 is 3.52. The maximum absolute atomic E-state index is 13.6. The van der Waals surface area contributed by atoms with Gasteiger partial charge in [0.25, 0.3) is 11.8 Å². The summed E-state index contributed by atoms with van der Waals surface area (Å²) in [6.45, 7) is 1.77. The SMILES string of the molecule is COc1cc(/C=C2\C(=O)NC(=O)N(c3ccccc3C)C2=O)cc(Br)c1Cc1cccc(F)c1. The largest absolute Gasteiger partial charge is 0.496 e. The highest BCUT2D eigenvalue weighted by molar-refractivity contribution is 9.10. The summed E-state index contributed by atoms with van der Waals surface area (Å²) in [6, 6.07) is 15.8. The quantitative estimate of drug-likeness (QED) is 0.370. The number of urea groups is 1. The Morgan fingerprint density at radius 2 is 1.82 bits per heavy atom. The molecule has 34 heavy (non-hydrogen) atoms. The van der Waals surface area contributed by atoms with Crippen LogP contribution in [0.25, 0.3) is 6.08 Å². The van der Waals surface area contributed by atoms with Gasteiger partial charge in [0.05, 0.1) is 12.8 Å². The molecule has 1 fully saturated rings. The average Bonchev–Trinajstić information content (AvgIpc) is 2.79. The molecule has 3 aromatic carbocycles. The van der Waals surface area contributed by atoms with Gasteiger partial charge in [-0.2, -0.15) is 0 Å². The fraction of sp³-hybridized carbons (Fsp3) is 0.115. The molecule has 172 valence electrons. The number of benzene rings is 3. The highest BCUT2D eigenvalue weighted by Crippen LogP contribution is 2.33. The van der Waals surface area contributed by atoms with Gasteiger partial charge in [0.2, 0.25) is 0 Å². The summed E-state index contributed by atoms with van der Waals surface area (Å²) < 4.78 is 19.8. The second kappa shape index (κ2) is 9.61. The van der Waals surface area contributed by atoms with Crippen molar-refractivity contribution in [2.45, 2.75) is 13.3 Å². The van der Waals surface area contributed by atoms with E-state index in [2.05, 4.69) is 21.2 Å². The highest BCUT2D eigenvalue weighted by Gasteiger charge is 2.37. The number of para-hydroxylation sites is 1. The van der Waals surface area contributed by atoms with Gasteiger partial charge in [-0.3, -0.25) is 14.9 Å². The van der Waals surface area contributed by atoms with Crippen LogP contribution in [0.1, 0.15) is 22.3 Å². The molecule has 4 amide bonds. The van der Waals surface area contributed by atoms with Crippen molar-refractivity contribution in [2.24, 2.45) is 0 Å². The molecule has 8 heteroatoms. The molecule has 3 aromatic rings. The minimum atomic E-state index is -0.800.